The third-order valence-electron chi connectivity index (χ3n) is 7.01. The summed E-state index contributed by atoms with van der Waals surface area (Å²) in [6, 6.07) is 3.76. The molecule has 1 aromatic rings. The van der Waals surface area contributed by atoms with Crippen LogP contribution in [0.1, 0.15) is 48.9 Å². The number of carbonyl (C=O) groups is 2. The van der Waals surface area contributed by atoms with Gasteiger partial charge in [0.1, 0.15) is 11.6 Å². The molecule has 2 amide bonds. The molecule has 5 nitrogen and oxygen atoms in total. The Kier molecular flexibility index (Phi) is 3.22. The van der Waals surface area contributed by atoms with Gasteiger partial charge < -0.3 is 15.3 Å². The number of rotatable bonds is 3. The molecule has 1 unspecified atom stereocenters. The lowest BCUT2D eigenvalue weighted by atomic mass is 9.65. The highest BCUT2D eigenvalue weighted by Crippen LogP contribution is 2.70. The first-order valence-electron chi connectivity index (χ1n) is 9.48. The van der Waals surface area contributed by atoms with Crippen LogP contribution in [0.4, 0.5) is 4.39 Å². The van der Waals surface area contributed by atoms with E-state index < -0.39 is 5.82 Å². The van der Waals surface area contributed by atoms with Crippen molar-refractivity contribution in [2.45, 2.75) is 44.6 Å². The first kappa shape index (κ1) is 16.1. The van der Waals surface area contributed by atoms with E-state index in [4.69, 9.17) is 0 Å². The first-order valence-corrected chi connectivity index (χ1v) is 9.48. The molecule has 3 aliphatic carbocycles. The smallest absolute Gasteiger partial charge is 0.256 e. The van der Waals surface area contributed by atoms with Crippen molar-refractivity contribution >= 4 is 11.8 Å². The Bertz CT molecular complexity index is 798. The lowest BCUT2D eigenvalue weighted by molar-refractivity contribution is -0.125. The van der Waals surface area contributed by atoms with Gasteiger partial charge in [0, 0.05) is 25.0 Å². The van der Waals surface area contributed by atoms with E-state index in [0.29, 0.717) is 18.5 Å². The highest BCUT2D eigenvalue weighted by atomic mass is 19.1. The number of halogens is 1. The van der Waals surface area contributed by atoms with Gasteiger partial charge in [0.25, 0.3) is 5.91 Å². The molecule has 138 valence electrons. The SMILES string of the molecule is O=C(NC1CC2(CCN(C(=O)c3cc(O)ccc3F)C2)C1)C1CC12CC2. The van der Waals surface area contributed by atoms with E-state index in [1.807, 2.05) is 0 Å². The summed E-state index contributed by atoms with van der Waals surface area (Å²) in [4.78, 5) is 26.5. The molecule has 0 radical (unpaired) electrons. The maximum absolute atomic E-state index is 13.9. The molecule has 1 saturated heterocycles. The molecule has 2 spiro atoms. The van der Waals surface area contributed by atoms with Crippen molar-refractivity contribution in [3.8, 4) is 5.75 Å². The second kappa shape index (κ2) is 5.21. The van der Waals surface area contributed by atoms with E-state index in [9.17, 15) is 19.1 Å². The highest BCUT2D eigenvalue weighted by molar-refractivity contribution is 5.95. The Hall–Kier alpha value is -2.11. The molecule has 4 fully saturated rings. The van der Waals surface area contributed by atoms with E-state index in [-0.39, 0.29) is 40.5 Å². The van der Waals surface area contributed by atoms with Gasteiger partial charge in [-0.3, -0.25) is 9.59 Å². The zero-order valence-corrected chi connectivity index (χ0v) is 14.6. The van der Waals surface area contributed by atoms with Crippen molar-refractivity contribution in [2.75, 3.05) is 13.1 Å². The number of phenolic OH excluding ortho intramolecular Hbond substituents is 1. The number of phenols is 1. The molecule has 1 aliphatic heterocycles. The largest absolute Gasteiger partial charge is 0.508 e. The van der Waals surface area contributed by atoms with Crippen LogP contribution in [0.3, 0.4) is 0 Å². The van der Waals surface area contributed by atoms with Crippen molar-refractivity contribution in [3.63, 3.8) is 0 Å². The van der Waals surface area contributed by atoms with Crippen LogP contribution in [-0.2, 0) is 4.79 Å². The molecule has 1 atom stereocenters. The summed E-state index contributed by atoms with van der Waals surface area (Å²) < 4.78 is 13.9. The van der Waals surface area contributed by atoms with Crippen molar-refractivity contribution < 1.29 is 19.1 Å². The van der Waals surface area contributed by atoms with Gasteiger partial charge in [0.2, 0.25) is 5.91 Å². The number of hydrogen-bond donors (Lipinski definition) is 2. The number of hydrogen-bond acceptors (Lipinski definition) is 3. The molecular weight excluding hydrogens is 335 g/mol. The van der Waals surface area contributed by atoms with Crippen LogP contribution in [0, 0.1) is 22.6 Å². The second-order valence-corrected chi connectivity index (χ2v) is 8.87. The predicted molar refractivity (Wildman–Crippen MR) is 92.0 cm³/mol. The summed E-state index contributed by atoms with van der Waals surface area (Å²) in [6.07, 6.45) is 6.16. The van der Waals surface area contributed by atoms with Gasteiger partial charge in [-0.2, -0.15) is 0 Å². The molecule has 1 aromatic carbocycles. The molecule has 0 aromatic heterocycles. The molecule has 1 heterocycles. The van der Waals surface area contributed by atoms with Crippen molar-refractivity contribution in [2.24, 2.45) is 16.7 Å². The second-order valence-electron chi connectivity index (χ2n) is 8.87. The van der Waals surface area contributed by atoms with Crippen molar-refractivity contribution in [1.29, 1.82) is 0 Å². The average molecular weight is 358 g/mol. The topological polar surface area (TPSA) is 69.6 Å². The number of aromatic hydroxyl groups is 1. The maximum Gasteiger partial charge on any atom is 0.256 e. The summed E-state index contributed by atoms with van der Waals surface area (Å²) in [5, 5.41) is 12.7. The molecule has 0 bridgehead atoms. The Morgan fingerprint density at radius 3 is 2.65 bits per heavy atom. The van der Waals surface area contributed by atoms with Crippen LogP contribution in [0.5, 0.6) is 5.75 Å². The average Bonchev–Trinajstić information content (AvgIpc) is 3.48. The minimum Gasteiger partial charge on any atom is -0.508 e. The third kappa shape index (κ3) is 2.49. The number of nitrogens with one attached hydrogen (secondary N) is 1. The highest BCUT2D eigenvalue weighted by Gasteiger charge is 2.66. The van der Waals surface area contributed by atoms with Crippen LogP contribution >= 0.6 is 0 Å². The first-order chi connectivity index (χ1) is 12.4. The molecule has 3 saturated carbocycles. The monoisotopic (exact) mass is 358 g/mol. The summed E-state index contributed by atoms with van der Waals surface area (Å²) in [7, 11) is 0. The molecule has 2 N–H and O–H groups in total. The molecule has 4 aliphatic rings. The fourth-order valence-corrected chi connectivity index (χ4v) is 5.11. The van der Waals surface area contributed by atoms with Gasteiger partial charge in [-0.1, -0.05) is 0 Å². The fraction of sp³-hybridized carbons (Fsp3) is 0.600. The lowest BCUT2D eigenvalue weighted by Gasteiger charge is -2.45. The number of amides is 2. The molecule has 26 heavy (non-hydrogen) atoms. The van der Waals surface area contributed by atoms with Gasteiger partial charge in [-0.25, -0.2) is 4.39 Å². The summed E-state index contributed by atoms with van der Waals surface area (Å²) >= 11 is 0. The van der Waals surface area contributed by atoms with Crippen LogP contribution < -0.4 is 5.32 Å². The van der Waals surface area contributed by atoms with Crippen molar-refractivity contribution in [3.05, 3.63) is 29.6 Å². The summed E-state index contributed by atoms with van der Waals surface area (Å²) in [6.45, 7) is 1.20. The zero-order chi connectivity index (χ0) is 18.1. The molecule has 5 rings (SSSR count). The standard InChI is InChI=1S/C20H23FN2O3/c21-16-2-1-13(24)7-14(16)18(26)23-6-5-19(11-23)8-12(9-19)22-17(25)15-10-20(15)3-4-20/h1-2,7,12,15,24H,3-6,8-11H2,(H,22,25). The van der Waals surface area contributed by atoms with E-state index in [2.05, 4.69) is 5.32 Å². The maximum atomic E-state index is 13.9. The van der Waals surface area contributed by atoms with Gasteiger partial charge >= 0.3 is 0 Å². The Labute approximate surface area is 151 Å². The van der Waals surface area contributed by atoms with Gasteiger partial charge in [0.15, 0.2) is 0 Å². The predicted octanol–water partition coefficient (Wildman–Crippen LogP) is 2.44. The van der Waals surface area contributed by atoms with Gasteiger partial charge in [-0.15, -0.1) is 0 Å². The minimum absolute atomic E-state index is 0.0573. The van der Waals surface area contributed by atoms with Crippen LogP contribution in [0.15, 0.2) is 18.2 Å². The van der Waals surface area contributed by atoms with E-state index in [0.717, 1.165) is 31.7 Å². The normalized spacial score (nSPS) is 33.2. The van der Waals surface area contributed by atoms with Gasteiger partial charge in [0.05, 0.1) is 5.56 Å². The number of carbonyl (C=O) groups excluding carboxylic acids is 2. The number of nitrogens with zero attached hydrogens (tertiary/aromatic N) is 1. The minimum atomic E-state index is -0.606. The van der Waals surface area contributed by atoms with Crippen LogP contribution in [0.25, 0.3) is 0 Å². The zero-order valence-electron chi connectivity index (χ0n) is 14.6. The third-order valence-corrected chi connectivity index (χ3v) is 7.01. The van der Waals surface area contributed by atoms with E-state index in [1.54, 1.807) is 4.90 Å². The molecular formula is C20H23FN2O3. The van der Waals surface area contributed by atoms with Crippen LogP contribution in [0.2, 0.25) is 0 Å². The lowest BCUT2D eigenvalue weighted by Crippen LogP contribution is -2.52. The van der Waals surface area contributed by atoms with E-state index in [1.165, 1.54) is 25.0 Å². The van der Waals surface area contributed by atoms with E-state index >= 15 is 0 Å². The number of benzene rings is 1. The Morgan fingerprint density at radius 2 is 1.96 bits per heavy atom. The van der Waals surface area contributed by atoms with Crippen LogP contribution in [-0.4, -0.2) is 41.0 Å². The summed E-state index contributed by atoms with van der Waals surface area (Å²) in [5.41, 5.74) is 0.365. The van der Waals surface area contributed by atoms with Gasteiger partial charge in [-0.05, 0) is 67.6 Å². The van der Waals surface area contributed by atoms with Crippen molar-refractivity contribution in [1.82, 2.24) is 10.2 Å². The quantitative estimate of drug-likeness (QED) is 0.872. The molecule has 6 heteroatoms. The Morgan fingerprint density at radius 1 is 1.19 bits per heavy atom. The fourth-order valence-electron chi connectivity index (χ4n) is 5.11. The summed E-state index contributed by atoms with van der Waals surface area (Å²) in [5.74, 6) is -0.615. The Balaban J connectivity index is 1.17. The number of likely N-dealkylation sites (tertiary alicyclic amines) is 1.